The summed E-state index contributed by atoms with van der Waals surface area (Å²) < 4.78 is 61.8. The average Bonchev–Trinajstić information content (AvgIpc) is 2.29. The van der Waals surface area contributed by atoms with Crippen molar-refractivity contribution < 1.29 is 41.3 Å². The van der Waals surface area contributed by atoms with Gasteiger partial charge in [0.15, 0.2) is 0 Å². The van der Waals surface area contributed by atoms with Crippen molar-refractivity contribution in [2.24, 2.45) is 5.41 Å². The minimum absolute atomic E-state index is 0.166. The first-order chi connectivity index (χ1) is 8.53. The van der Waals surface area contributed by atoms with Crippen LogP contribution in [0, 0.1) is 5.41 Å². The van der Waals surface area contributed by atoms with E-state index in [0.717, 1.165) is 0 Å². The Balaban J connectivity index is 4.59. The van der Waals surface area contributed by atoms with Crippen molar-refractivity contribution in [3.05, 3.63) is 0 Å². The molecule has 0 aliphatic carbocycles. The second-order valence-corrected chi connectivity index (χ2v) is 5.47. The van der Waals surface area contributed by atoms with Crippen LogP contribution in [-0.2, 0) is 14.8 Å². The van der Waals surface area contributed by atoms with E-state index in [1.165, 1.54) is 0 Å². The van der Waals surface area contributed by atoms with Gasteiger partial charge in [0.25, 0.3) is 0 Å². The first-order valence-electron chi connectivity index (χ1n) is 5.01. The normalized spacial score (nSPS) is 13.2. The molecule has 0 aliphatic heterocycles. The number of ether oxygens (including phenoxy) is 1. The predicted molar refractivity (Wildman–Crippen MR) is 56.4 cm³/mol. The molecule has 0 aliphatic rings. The van der Waals surface area contributed by atoms with Gasteiger partial charge in [-0.3, -0.25) is 0 Å². The number of hydrogen-bond acceptors (Lipinski definition) is 6. The maximum Gasteiger partial charge on any atom is 0.516 e. The Morgan fingerprint density at radius 3 is 2.05 bits per heavy atom. The molecule has 0 aromatic carbocycles. The van der Waals surface area contributed by atoms with Crippen LogP contribution in [0.5, 0.6) is 0 Å². The fourth-order valence-electron chi connectivity index (χ4n) is 0.883. The molecule has 1 amide bonds. The lowest BCUT2D eigenvalue weighted by Gasteiger charge is -2.27. The van der Waals surface area contributed by atoms with Gasteiger partial charge in [-0.15, -0.1) is 0 Å². The Morgan fingerprint density at radius 1 is 1.26 bits per heavy atom. The van der Waals surface area contributed by atoms with Crippen molar-refractivity contribution in [2.75, 3.05) is 19.8 Å². The van der Waals surface area contributed by atoms with Gasteiger partial charge in [-0.2, -0.15) is 21.6 Å². The summed E-state index contributed by atoms with van der Waals surface area (Å²) in [5, 5.41) is 18.0. The highest BCUT2D eigenvalue weighted by Crippen LogP contribution is 2.23. The first-order valence-corrected chi connectivity index (χ1v) is 6.49. The van der Waals surface area contributed by atoms with E-state index in [1.54, 1.807) is 6.92 Å². The van der Waals surface area contributed by atoms with Gasteiger partial charge in [0.05, 0.1) is 18.6 Å². The van der Waals surface area contributed by atoms with Crippen LogP contribution in [0.2, 0.25) is 0 Å². The molecule has 0 aromatic heterocycles. The standard InChI is InChI=1S/C8H14F3NO6S/c1-2-7(3-13,4-14)5-18-6(15)12-19(16,17)8(9,10)11/h13-14H,2-5H2,1H3,(H,12,15). The lowest BCUT2D eigenvalue weighted by atomic mass is 9.88. The van der Waals surface area contributed by atoms with Gasteiger partial charge in [-0.05, 0) is 6.42 Å². The molecular weight excluding hydrogens is 295 g/mol. The molecule has 0 rings (SSSR count). The molecule has 0 unspecified atom stereocenters. The summed E-state index contributed by atoms with van der Waals surface area (Å²) in [6, 6.07) is 0. The number of halogens is 3. The summed E-state index contributed by atoms with van der Waals surface area (Å²) in [4.78, 5) is 10.9. The summed E-state index contributed by atoms with van der Waals surface area (Å²) in [6.45, 7) is -0.255. The van der Waals surface area contributed by atoms with Crippen LogP contribution in [0.4, 0.5) is 18.0 Å². The van der Waals surface area contributed by atoms with E-state index < -0.39 is 46.9 Å². The fourth-order valence-corrected chi connectivity index (χ4v) is 1.28. The molecule has 0 aromatic rings. The Bertz CT molecular complexity index is 395. The van der Waals surface area contributed by atoms with Crippen LogP contribution >= 0.6 is 0 Å². The number of amides is 1. The van der Waals surface area contributed by atoms with Crippen molar-refractivity contribution in [2.45, 2.75) is 18.9 Å². The molecule has 0 saturated heterocycles. The molecule has 0 atom stereocenters. The van der Waals surface area contributed by atoms with Crippen LogP contribution in [-0.4, -0.2) is 50.1 Å². The van der Waals surface area contributed by atoms with Crippen molar-refractivity contribution in [1.82, 2.24) is 4.72 Å². The maximum absolute atomic E-state index is 11.9. The Morgan fingerprint density at radius 2 is 1.74 bits per heavy atom. The summed E-state index contributed by atoms with van der Waals surface area (Å²) in [6.07, 6.45) is -1.67. The number of alkyl halides is 3. The highest BCUT2D eigenvalue weighted by atomic mass is 32.2. The van der Waals surface area contributed by atoms with Gasteiger partial charge in [0, 0.05) is 0 Å². The number of nitrogens with one attached hydrogen (secondary N) is 1. The summed E-state index contributed by atoms with van der Waals surface area (Å²) in [7, 11) is -5.83. The van der Waals surface area contributed by atoms with Gasteiger partial charge in [0.2, 0.25) is 0 Å². The zero-order valence-corrected chi connectivity index (χ0v) is 10.7. The number of rotatable bonds is 6. The van der Waals surface area contributed by atoms with E-state index in [9.17, 15) is 26.4 Å². The topological polar surface area (TPSA) is 113 Å². The van der Waals surface area contributed by atoms with Crippen LogP contribution in [0.15, 0.2) is 0 Å². The number of sulfonamides is 1. The number of aliphatic hydroxyl groups is 2. The van der Waals surface area contributed by atoms with E-state index in [0.29, 0.717) is 4.72 Å². The molecule has 19 heavy (non-hydrogen) atoms. The van der Waals surface area contributed by atoms with Crippen molar-refractivity contribution in [3.63, 3.8) is 0 Å². The molecular formula is C8H14F3NO6S. The third kappa shape index (κ3) is 4.84. The molecule has 11 heteroatoms. The highest BCUT2D eigenvalue weighted by Gasteiger charge is 2.47. The lowest BCUT2D eigenvalue weighted by Crippen LogP contribution is -2.43. The fraction of sp³-hybridized carbons (Fsp3) is 0.875. The van der Waals surface area contributed by atoms with E-state index in [4.69, 9.17) is 10.2 Å². The van der Waals surface area contributed by atoms with Gasteiger partial charge >= 0.3 is 21.6 Å². The summed E-state index contributed by atoms with van der Waals surface area (Å²) in [5.41, 5.74) is -6.87. The van der Waals surface area contributed by atoms with Gasteiger partial charge in [0.1, 0.15) is 6.61 Å². The minimum atomic E-state index is -5.83. The molecule has 0 radical (unpaired) electrons. The second kappa shape index (κ2) is 6.39. The SMILES string of the molecule is CCC(CO)(CO)COC(=O)NS(=O)(=O)C(F)(F)F. The average molecular weight is 309 g/mol. The van der Waals surface area contributed by atoms with E-state index in [1.807, 2.05) is 0 Å². The molecule has 0 fully saturated rings. The number of aliphatic hydroxyl groups excluding tert-OH is 2. The van der Waals surface area contributed by atoms with E-state index >= 15 is 0 Å². The first kappa shape index (κ1) is 17.9. The summed E-state index contributed by atoms with van der Waals surface area (Å²) in [5.74, 6) is 0. The van der Waals surface area contributed by atoms with E-state index in [2.05, 4.69) is 4.74 Å². The van der Waals surface area contributed by atoms with Crippen molar-refractivity contribution in [1.29, 1.82) is 0 Å². The monoisotopic (exact) mass is 309 g/mol. The number of carbonyl (C=O) groups is 1. The Labute approximate surface area is 107 Å². The third-order valence-electron chi connectivity index (χ3n) is 2.45. The van der Waals surface area contributed by atoms with E-state index in [-0.39, 0.29) is 6.42 Å². The van der Waals surface area contributed by atoms with Gasteiger partial charge < -0.3 is 14.9 Å². The number of hydrogen-bond donors (Lipinski definition) is 3. The zero-order valence-electron chi connectivity index (χ0n) is 9.90. The Hall–Kier alpha value is -1.07. The molecule has 7 nitrogen and oxygen atoms in total. The molecule has 0 spiro atoms. The van der Waals surface area contributed by atoms with Crippen LogP contribution in [0.25, 0.3) is 0 Å². The minimum Gasteiger partial charge on any atom is -0.448 e. The van der Waals surface area contributed by atoms with Crippen LogP contribution in [0.3, 0.4) is 0 Å². The maximum atomic E-state index is 11.9. The number of carbonyl (C=O) groups excluding carboxylic acids is 1. The predicted octanol–water partition coefficient (Wildman–Crippen LogP) is -0.0568. The van der Waals surface area contributed by atoms with Gasteiger partial charge in [-0.1, -0.05) is 6.92 Å². The lowest BCUT2D eigenvalue weighted by molar-refractivity contribution is -0.0452. The van der Waals surface area contributed by atoms with Crippen LogP contribution in [0.1, 0.15) is 13.3 Å². The molecule has 3 N–H and O–H groups in total. The smallest absolute Gasteiger partial charge is 0.448 e. The zero-order chi connectivity index (χ0) is 15.3. The van der Waals surface area contributed by atoms with Gasteiger partial charge in [-0.25, -0.2) is 9.52 Å². The third-order valence-corrected chi connectivity index (χ3v) is 3.50. The molecule has 0 saturated carbocycles. The summed E-state index contributed by atoms with van der Waals surface area (Å²) >= 11 is 0. The second-order valence-electron chi connectivity index (χ2n) is 3.80. The van der Waals surface area contributed by atoms with Crippen molar-refractivity contribution >= 4 is 16.1 Å². The molecule has 0 heterocycles. The Kier molecular flexibility index (Phi) is 6.03. The molecule has 0 bridgehead atoms. The largest absolute Gasteiger partial charge is 0.516 e. The van der Waals surface area contributed by atoms with Crippen molar-refractivity contribution in [3.8, 4) is 0 Å². The quantitative estimate of drug-likeness (QED) is 0.634. The highest BCUT2D eigenvalue weighted by molar-refractivity contribution is 7.90. The van der Waals surface area contributed by atoms with Crippen LogP contribution < -0.4 is 4.72 Å². The molecule has 114 valence electrons.